The van der Waals surface area contributed by atoms with Gasteiger partial charge in [-0.2, -0.15) is 4.80 Å². The van der Waals surface area contributed by atoms with Gasteiger partial charge in [-0.3, -0.25) is 4.79 Å². The van der Waals surface area contributed by atoms with Crippen LogP contribution in [0.3, 0.4) is 0 Å². The number of carbonyl (C=O) groups is 1. The van der Waals surface area contributed by atoms with Crippen LogP contribution in [0.1, 0.15) is 37.7 Å². The van der Waals surface area contributed by atoms with E-state index in [1.807, 2.05) is 36.1 Å². The highest BCUT2D eigenvalue weighted by Crippen LogP contribution is 2.36. The molecule has 1 aliphatic carbocycles. The molecule has 2 aromatic rings. The topological polar surface area (TPSA) is 63.9 Å². The van der Waals surface area contributed by atoms with Crippen LogP contribution < -0.4 is 0 Å². The van der Waals surface area contributed by atoms with Crippen LogP contribution in [-0.4, -0.2) is 44.1 Å². The van der Waals surface area contributed by atoms with Gasteiger partial charge in [0, 0.05) is 18.7 Å². The Kier molecular flexibility index (Phi) is 4.51. The van der Waals surface area contributed by atoms with Crippen molar-refractivity contribution in [3.8, 4) is 11.4 Å². The number of fused-ring (bicyclic) bond motifs is 1. The predicted molar refractivity (Wildman–Crippen MR) is 94.6 cm³/mol. The lowest BCUT2D eigenvalue weighted by Crippen LogP contribution is -2.46. The van der Waals surface area contributed by atoms with Crippen LogP contribution in [0.15, 0.2) is 24.3 Å². The first-order chi connectivity index (χ1) is 12.2. The van der Waals surface area contributed by atoms with Crippen molar-refractivity contribution in [1.29, 1.82) is 0 Å². The molecule has 1 amide bonds. The summed E-state index contributed by atoms with van der Waals surface area (Å²) in [5.74, 6) is 2.21. The van der Waals surface area contributed by atoms with Crippen LogP contribution in [0.5, 0.6) is 0 Å². The molecular formula is C19H25N5O. The Balaban J connectivity index is 1.41. The standard InChI is InChI=1S/C19H25N5O/c1-14-6-2-5-9-17(14)19-20-22-24(21-19)13-18(25)23-11-10-15-7-3-4-8-16(15)12-23/h2,5-6,9,15-16H,3-4,7-8,10-13H2,1H3/t15-,16-/m0/s1. The molecule has 6 nitrogen and oxygen atoms in total. The molecule has 0 N–H and O–H groups in total. The highest BCUT2D eigenvalue weighted by molar-refractivity contribution is 5.76. The highest BCUT2D eigenvalue weighted by atomic mass is 16.2. The van der Waals surface area contributed by atoms with Gasteiger partial charge < -0.3 is 4.90 Å². The third-order valence-electron chi connectivity index (χ3n) is 5.76. The summed E-state index contributed by atoms with van der Waals surface area (Å²) >= 11 is 0. The van der Waals surface area contributed by atoms with Gasteiger partial charge in [0.1, 0.15) is 6.54 Å². The third-order valence-corrected chi connectivity index (χ3v) is 5.76. The van der Waals surface area contributed by atoms with E-state index in [1.54, 1.807) is 0 Å². The zero-order chi connectivity index (χ0) is 17.2. The van der Waals surface area contributed by atoms with Gasteiger partial charge in [0.05, 0.1) is 0 Å². The first kappa shape index (κ1) is 16.2. The van der Waals surface area contributed by atoms with Gasteiger partial charge in [-0.05, 0) is 42.4 Å². The van der Waals surface area contributed by atoms with Crippen LogP contribution in [0.4, 0.5) is 0 Å². The first-order valence-corrected chi connectivity index (χ1v) is 9.32. The van der Waals surface area contributed by atoms with Crippen molar-refractivity contribution in [2.45, 2.75) is 45.6 Å². The largest absolute Gasteiger partial charge is 0.341 e. The average Bonchev–Trinajstić information content (AvgIpc) is 3.10. The van der Waals surface area contributed by atoms with E-state index in [1.165, 1.54) is 30.5 Å². The van der Waals surface area contributed by atoms with Gasteiger partial charge in [0.15, 0.2) is 0 Å². The molecule has 1 aromatic heterocycles. The normalized spacial score (nSPS) is 23.3. The lowest BCUT2D eigenvalue weighted by Gasteiger charge is -2.41. The van der Waals surface area contributed by atoms with Gasteiger partial charge in [-0.1, -0.05) is 43.5 Å². The number of nitrogens with zero attached hydrogens (tertiary/aromatic N) is 5. The van der Waals surface area contributed by atoms with Gasteiger partial charge in [0.2, 0.25) is 11.7 Å². The van der Waals surface area contributed by atoms with E-state index < -0.39 is 0 Å². The number of benzene rings is 1. The fraction of sp³-hybridized carbons (Fsp3) is 0.579. The van der Waals surface area contributed by atoms with Crippen molar-refractivity contribution in [3.05, 3.63) is 29.8 Å². The number of hydrogen-bond acceptors (Lipinski definition) is 4. The summed E-state index contributed by atoms with van der Waals surface area (Å²) < 4.78 is 0. The summed E-state index contributed by atoms with van der Waals surface area (Å²) in [7, 11) is 0. The van der Waals surface area contributed by atoms with Gasteiger partial charge in [-0.15, -0.1) is 10.2 Å². The van der Waals surface area contributed by atoms with Crippen molar-refractivity contribution in [3.63, 3.8) is 0 Å². The number of likely N-dealkylation sites (tertiary alicyclic amines) is 1. The number of rotatable bonds is 3. The molecule has 1 saturated heterocycles. The maximum atomic E-state index is 12.7. The number of amides is 1. The molecule has 25 heavy (non-hydrogen) atoms. The highest BCUT2D eigenvalue weighted by Gasteiger charge is 2.33. The molecule has 0 unspecified atom stereocenters. The molecule has 2 fully saturated rings. The summed E-state index contributed by atoms with van der Waals surface area (Å²) in [4.78, 5) is 16.1. The van der Waals surface area contributed by atoms with Crippen LogP contribution in [0, 0.1) is 18.8 Å². The molecular weight excluding hydrogens is 314 g/mol. The predicted octanol–water partition coefficient (Wildman–Crippen LogP) is 2.69. The van der Waals surface area contributed by atoms with Crippen LogP contribution >= 0.6 is 0 Å². The number of hydrogen-bond donors (Lipinski definition) is 0. The van der Waals surface area contributed by atoms with Crippen molar-refractivity contribution in [2.24, 2.45) is 11.8 Å². The molecule has 0 spiro atoms. The average molecular weight is 339 g/mol. The Morgan fingerprint density at radius 3 is 2.80 bits per heavy atom. The number of piperidine rings is 1. The molecule has 132 valence electrons. The van der Waals surface area contributed by atoms with Crippen molar-refractivity contribution < 1.29 is 4.79 Å². The molecule has 0 radical (unpaired) electrons. The Hall–Kier alpha value is -2.24. The van der Waals surface area contributed by atoms with Crippen molar-refractivity contribution in [1.82, 2.24) is 25.1 Å². The van der Waals surface area contributed by atoms with Crippen molar-refractivity contribution in [2.75, 3.05) is 13.1 Å². The van der Waals surface area contributed by atoms with Gasteiger partial charge in [-0.25, -0.2) is 0 Å². The van der Waals surface area contributed by atoms with Crippen LogP contribution in [-0.2, 0) is 11.3 Å². The number of carbonyl (C=O) groups excluding carboxylic acids is 1. The lowest BCUT2D eigenvalue weighted by atomic mass is 9.75. The summed E-state index contributed by atoms with van der Waals surface area (Å²) in [5.41, 5.74) is 2.07. The van der Waals surface area contributed by atoms with Gasteiger partial charge in [0.25, 0.3) is 0 Å². The zero-order valence-corrected chi connectivity index (χ0v) is 14.8. The smallest absolute Gasteiger partial charge is 0.246 e. The second kappa shape index (κ2) is 6.94. The molecule has 0 bridgehead atoms. The quantitative estimate of drug-likeness (QED) is 0.862. The molecule has 2 heterocycles. The van der Waals surface area contributed by atoms with E-state index in [2.05, 4.69) is 15.4 Å². The molecule has 2 atom stereocenters. The second-order valence-electron chi connectivity index (χ2n) is 7.39. The summed E-state index contributed by atoms with van der Waals surface area (Å²) in [6, 6.07) is 7.95. The minimum atomic E-state index is 0.109. The lowest BCUT2D eigenvalue weighted by molar-refractivity contribution is -0.135. The summed E-state index contributed by atoms with van der Waals surface area (Å²) in [6.07, 6.45) is 6.44. The van der Waals surface area contributed by atoms with E-state index >= 15 is 0 Å². The van der Waals surface area contributed by atoms with E-state index in [-0.39, 0.29) is 12.5 Å². The molecule has 1 aliphatic heterocycles. The van der Waals surface area contributed by atoms with E-state index in [0.29, 0.717) is 11.7 Å². The maximum Gasteiger partial charge on any atom is 0.246 e. The van der Waals surface area contributed by atoms with Crippen LogP contribution in [0.2, 0.25) is 0 Å². The van der Waals surface area contributed by atoms with Crippen LogP contribution in [0.25, 0.3) is 11.4 Å². The van der Waals surface area contributed by atoms with E-state index in [4.69, 9.17) is 0 Å². The van der Waals surface area contributed by atoms with Crippen molar-refractivity contribution >= 4 is 5.91 Å². The molecule has 1 aromatic carbocycles. The number of aromatic nitrogens is 4. The number of aryl methyl sites for hydroxylation is 1. The molecule has 6 heteroatoms. The minimum Gasteiger partial charge on any atom is -0.341 e. The first-order valence-electron chi connectivity index (χ1n) is 9.32. The molecule has 1 saturated carbocycles. The summed E-state index contributed by atoms with van der Waals surface area (Å²) in [5, 5.41) is 12.6. The monoisotopic (exact) mass is 339 g/mol. The second-order valence-corrected chi connectivity index (χ2v) is 7.39. The van der Waals surface area contributed by atoms with E-state index in [0.717, 1.165) is 36.6 Å². The Morgan fingerprint density at radius 2 is 1.96 bits per heavy atom. The summed E-state index contributed by atoms with van der Waals surface area (Å²) in [6.45, 7) is 3.98. The van der Waals surface area contributed by atoms with E-state index in [9.17, 15) is 4.79 Å². The maximum absolute atomic E-state index is 12.7. The molecule has 2 aliphatic rings. The SMILES string of the molecule is Cc1ccccc1-c1nnn(CC(=O)N2CC[C@@H]3CCCC[C@H]3C2)n1. The Morgan fingerprint density at radius 1 is 1.16 bits per heavy atom. The Labute approximate surface area is 148 Å². The fourth-order valence-corrected chi connectivity index (χ4v) is 4.29. The van der Waals surface area contributed by atoms with Gasteiger partial charge >= 0.3 is 0 Å². The molecule has 4 rings (SSSR count). The fourth-order valence-electron chi connectivity index (χ4n) is 4.29. The minimum absolute atomic E-state index is 0.109. The zero-order valence-electron chi connectivity index (χ0n) is 14.8. The number of tetrazole rings is 1. The Bertz CT molecular complexity index is 756. The third kappa shape index (κ3) is 3.43.